The normalized spacial score (nSPS) is 22.1. The van der Waals surface area contributed by atoms with Crippen molar-refractivity contribution in [2.24, 2.45) is 35.5 Å². The molecule has 0 aromatic rings. The topological polar surface area (TPSA) is 37.3 Å². The molecule has 0 heterocycles. The summed E-state index contributed by atoms with van der Waals surface area (Å²) in [5.41, 5.74) is 0. The minimum Gasteiger partial charge on any atom is -0.344 e. The first-order valence-electron chi connectivity index (χ1n) is 7.78. The van der Waals surface area contributed by atoms with Crippen molar-refractivity contribution in [1.29, 1.82) is 0 Å². The van der Waals surface area contributed by atoms with Gasteiger partial charge in [0.15, 0.2) is 0 Å². The van der Waals surface area contributed by atoms with Gasteiger partial charge in [-0.25, -0.2) is 0 Å². The molecule has 0 aliphatic rings. The maximum absolute atomic E-state index is 12.4. The van der Waals surface area contributed by atoms with E-state index in [9.17, 15) is 9.46 Å². The Bertz CT molecular complexity index is 273. The van der Waals surface area contributed by atoms with Crippen LogP contribution in [-0.4, -0.2) is 17.2 Å². The van der Waals surface area contributed by atoms with Gasteiger partial charge < -0.3 is 4.89 Å². The van der Waals surface area contributed by atoms with Gasteiger partial charge in [-0.15, -0.1) is 0 Å². The van der Waals surface area contributed by atoms with Crippen LogP contribution in [0.25, 0.3) is 0 Å². The number of hydrogen-bond donors (Lipinski definition) is 1. The second-order valence-corrected chi connectivity index (χ2v) is 9.80. The molecular weight excluding hydrogens is 255 g/mol. The van der Waals surface area contributed by atoms with E-state index in [1.54, 1.807) is 0 Å². The van der Waals surface area contributed by atoms with Crippen LogP contribution in [0.3, 0.4) is 0 Å². The molecule has 0 saturated heterocycles. The molecule has 0 aromatic heterocycles. The summed E-state index contributed by atoms with van der Waals surface area (Å²) in [6, 6.07) is 0. The Morgan fingerprint density at radius 1 is 0.737 bits per heavy atom. The second-order valence-electron chi connectivity index (χ2n) is 7.37. The molecule has 0 fully saturated rings. The van der Waals surface area contributed by atoms with Gasteiger partial charge in [0.1, 0.15) is 0 Å². The zero-order valence-corrected chi connectivity index (χ0v) is 15.1. The first-order valence-corrected chi connectivity index (χ1v) is 9.81. The summed E-state index contributed by atoms with van der Waals surface area (Å²) in [4.78, 5) is 10.3. The molecule has 0 aromatic carbocycles. The summed E-state index contributed by atoms with van der Waals surface area (Å²) < 4.78 is 12.4. The largest absolute Gasteiger partial charge is 0.344 e. The Morgan fingerprint density at radius 2 is 1.00 bits per heavy atom. The molecule has 1 N–H and O–H groups in total. The number of hydrogen-bond acceptors (Lipinski definition) is 1. The molecule has 2 nitrogen and oxygen atoms in total. The quantitative estimate of drug-likeness (QED) is 0.630. The number of rotatable bonds is 8. The van der Waals surface area contributed by atoms with Crippen LogP contribution in [0.4, 0.5) is 0 Å². The van der Waals surface area contributed by atoms with Crippen molar-refractivity contribution in [3.8, 4) is 0 Å². The van der Waals surface area contributed by atoms with E-state index in [2.05, 4.69) is 55.4 Å². The Labute approximate surface area is 120 Å². The van der Waals surface area contributed by atoms with Gasteiger partial charge >= 0.3 is 0 Å². The van der Waals surface area contributed by atoms with Crippen LogP contribution < -0.4 is 0 Å². The Balaban J connectivity index is 4.52. The average Bonchev–Trinajstić information content (AvgIpc) is 2.24. The van der Waals surface area contributed by atoms with Crippen LogP contribution in [0.1, 0.15) is 55.4 Å². The van der Waals surface area contributed by atoms with E-state index < -0.39 is 7.37 Å². The lowest BCUT2D eigenvalue weighted by molar-refractivity contribution is 0.298. The molecule has 4 atom stereocenters. The van der Waals surface area contributed by atoms with E-state index in [1.807, 2.05) is 0 Å². The first kappa shape index (κ1) is 19.2. The van der Waals surface area contributed by atoms with Crippen LogP contribution in [0, 0.1) is 35.5 Å². The van der Waals surface area contributed by atoms with Gasteiger partial charge in [0.05, 0.1) is 0 Å². The standard InChI is InChI=1S/C16H35O2P/c1-11(2)15(7)13(5)9-19(17,18)10-14(6)16(8)12(3)4/h11-16H,9-10H2,1-8H3,(H,17,18). The Morgan fingerprint density at radius 3 is 1.21 bits per heavy atom. The summed E-state index contributed by atoms with van der Waals surface area (Å²) in [5, 5.41) is 0. The molecular formula is C16H35O2P. The molecule has 0 bridgehead atoms. The van der Waals surface area contributed by atoms with Crippen LogP contribution in [0.2, 0.25) is 0 Å². The molecule has 19 heavy (non-hydrogen) atoms. The lowest BCUT2D eigenvalue weighted by Crippen LogP contribution is -2.22. The lowest BCUT2D eigenvalue weighted by Gasteiger charge is -2.29. The summed E-state index contributed by atoms with van der Waals surface area (Å²) >= 11 is 0. The first-order chi connectivity index (χ1) is 8.48. The zero-order valence-electron chi connectivity index (χ0n) is 14.2. The van der Waals surface area contributed by atoms with E-state index in [0.29, 0.717) is 47.8 Å². The third kappa shape index (κ3) is 6.95. The molecule has 0 aliphatic carbocycles. The highest BCUT2D eigenvalue weighted by atomic mass is 31.2. The Hall–Kier alpha value is 0.190. The van der Waals surface area contributed by atoms with Gasteiger partial charge in [0.2, 0.25) is 7.37 Å². The minimum absolute atomic E-state index is 0.317. The van der Waals surface area contributed by atoms with Crippen LogP contribution in [-0.2, 0) is 4.57 Å². The smallest absolute Gasteiger partial charge is 0.201 e. The minimum atomic E-state index is -2.99. The van der Waals surface area contributed by atoms with Crippen molar-refractivity contribution >= 4 is 7.37 Å². The predicted molar refractivity (Wildman–Crippen MR) is 85.9 cm³/mol. The fourth-order valence-corrected chi connectivity index (χ4v) is 5.24. The van der Waals surface area contributed by atoms with Crippen molar-refractivity contribution in [2.45, 2.75) is 55.4 Å². The highest BCUT2D eigenvalue weighted by Crippen LogP contribution is 2.47. The summed E-state index contributed by atoms with van der Waals surface area (Å²) in [6.45, 7) is 17.4. The zero-order chi connectivity index (χ0) is 15.4. The molecule has 0 rings (SSSR count). The fraction of sp³-hybridized carbons (Fsp3) is 1.00. The van der Waals surface area contributed by atoms with Gasteiger partial charge in [0.25, 0.3) is 0 Å². The van der Waals surface area contributed by atoms with Gasteiger partial charge in [-0.05, 0) is 35.5 Å². The summed E-state index contributed by atoms with van der Waals surface area (Å²) in [5.74, 6) is 2.77. The SMILES string of the molecule is CC(C)C(C)C(C)CP(=O)(O)CC(C)C(C)C(C)C. The van der Waals surface area contributed by atoms with Gasteiger partial charge in [-0.3, -0.25) is 4.57 Å². The molecule has 0 aliphatic heterocycles. The monoisotopic (exact) mass is 290 g/mol. The molecule has 0 radical (unpaired) electrons. The van der Waals surface area contributed by atoms with E-state index in [-0.39, 0.29) is 0 Å². The van der Waals surface area contributed by atoms with E-state index in [4.69, 9.17) is 0 Å². The van der Waals surface area contributed by atoms with Crippen molar-refractivity contribution in [3.05, 3.63) is 0 Å². The molecule has 116 valence electrons. The highest BCUT2D eigenvalue weighted by molar-refractivity contribution is 7.58. The summed E-state index contributed by atoms with van der Waals surface area (Å²) in [6.07, 6.45) is 0.947. The third-order valence-corrected chi connectivity index (χ3v) is 7.34. The summed E-state index contributed by atoms with van der Waals surface area (Å²) in [7, 11) is -2.99. The average molecular weight is 290 g/mol. The van der Waals surface area contributed by atoms with E-state index in [1.165, 1.54) is 0 Å². The molecule has 0 saturated carbocycles. The third-order valence-electron chi connectivity index (χ3n) is 5.04. The van der Waals surface area contributed by atoms with E-state index >= 15 is 0 Å². The molecule has 0 spiro atoms. The predicted octanol–water partition coefficient (Wildman–Crippen LogP) is 5.11. The lowest BCUT2D eigenvalue weighted by atomic mass is 9.87. The fourth-order valence-electron chi connectivity index (χ4n) is 2.62. The van der Waals surface area contributed by atoms with Crippen molar-refractivity contribution in [1.82, 2.24) is 0 Å². The molecule has 4 unspecified atom stereocenters. The second kappa shape index (κ2) is 7.84. The van der Waals surface area contributed by atoms with Crippen molar-refractivity contribution in [2.75, 3.05) is 12.3 Å². The van der Waals surface area contributed by atoms with Crippen molar-refractivity contribution in [3.63, 3.8) is 0 Å². The van der Waals surface area contributed by atoms with Crippen LogP contribution >= 0.6 is 7.37 Å². The van der Waals surface area contributed by atoms with Gasteiger partial charge in [0, 0.05) is 12.3 Å². The van der Waals surface area contributed by atoms with E-state index in [0.717, 1.165) is 0 Å². The molecule has 0 amide bonds. The van der Waals surface area contributed by atoms with Crippen molar-refractivity contribution < 1.29 is 9.46 Å². The van der Waals surface area contributed by atoms with Gasteiger partial charge in [-0.2, -0.15) is 0 Å². The maximum atomic E-state index is 12.4. The van der Waals surface area contributed by atoms with Gasteiger partial charge in [-0.1, -0.05) is 55.4 Å². The van der Waals surface area contributed by atoms with Crippen LogP contribution in [0.5, 0.6) is 0 Å². The maximum Gasteiger partial charge on any atom is 0.201 e. The Kier molecular flexibility index (Phi) is 7.91. The van der Waals surface area contributed by atoms with Crippen LogP contribution in [0.15, 0.2) is 0 Å². The highest BCUT2D eigenvalue weighted by Gasteiger charge is 2.30. The molecule has 3 heteroatoms.